The Hall–Kier alpha value is -1.66. The molecule has 0 unspecified atom stereocenters. The Labute approximate surface area is 120 Å². The fraction of sp³-hybridized carbons (Fsp3) is 0.357. The predicted octanol–water partition coefficient (Wildman–Crippen LogP) is 2.22. The Morgan fingerprint density at radius 2 is 2.25 bits per heavy atom. The van der Waals surface area contributed by atoms with Crippen LogP contribution in [0.4, 0.5) is 9.52 Å². The predicted molar refractivity (Wildman–Crippen MR) is 77.4 cm³/mol. The van der Waals surface area contributed by atoms with Gasteiger partial charge in [0.2, 0.25) is 0 Å². The molecule has 4 nitrogen and oxygen atoms in total. The summed E-state index contributed by atoms with van der Waals surface area (Å²) in [6, 6.07) is 5.09. The Bertz CT molecular complexity index is 658. The lowest BCUT2D eigenvalue weighted by atomic mass is 9.78. The summed E-state index contributed by atoms with van der Waals surface area (Å²) < 4.78 is 19.5. The molecule has 20 heavy (non-hydrogen) atoms. The highest BCUT2D eigenvalue weighted by Gasteiger charge is 2.36. The zero-order valence-electron chi connectivity index (χ0n) is 11.1. The second-order valence-electron chi connectivity index (χ2n) is 5.08. The van der Waals surface area contributed by atoms with Crippen LogP contribution >= 0.6 is 11.3 Å². The maximum atomic E-state index is 14.4. The molecular weight excluding hydrogens is 277 g/mol. The maximum absolute atomic E-state index is 14.4. The Morgan fingerprint density at radius 3 is 3.00 bits per heavy atom. The molecular formula is C14H16FN3OS. The van der Waals surface area contributed by atoms with Gasteiger partial charge in [0, 0.05) is 22.4 Å². The Balaban J connectivity index is 2.02. The van der Waals surface area contributed by atoms with Gasteiger partial charge < -0.3 is 16.2 Å². The van der Waals surface area contributed by atoms with E-state index < -0.39 is 5.54 Å². The summed E-state index contributed by atoms with van der Waals surface area (Å²) in [5.41, 5.74) is 13.0. The van der Waals surface area contributed by atoms with Crippen LogP contribution in [-0.2, 0) is 18.4 Å². The number of fused-ring (bicyclic) bond motifs is 1. The SMILES string of the molecule is COc1cccc([C@@]2(N)CCc3nc(N)sc3C2)c1F. The van der Waals surface area contributed by atoms with Gasteiger partial charge in [-0.2, -0.15) is 0 Å². The molecule has 0 aliphatic heterocycles. The third kappa shape index (κ3) is 2.05. The summed E-state index contributed by atoms with van der Waals surface area (Å²) in [4.78, 5) is 5.34. The number of nitrogens with zero attached hydrogens (tertiary/aromatic N) is 1. The van der Waals surface area contributed by atoms with Crippen LogP contribution in [0.15, 0.2) is 18.2 Å². The number of aryl methyl sites for hydroxylation is 1. The summed E-state index contributed by atoms with van der Waals surface area (Å²) in [5.74, 6) is -0.152. The van der Waals surface area contributed by atoms with Crippen molar-refractivity contribution in [2.75, 3.05) is 12.8 Å². The average molecular weight is 293 g/mol. The number of rotatable bonds is 2. The van der Waals surface area contributed by atoms with Crippen molar-refractivity contribution in [3.05, 3.63) is 40.2 Å². The first-order valence-electron chi connectivity index (χ1n) is 6.39. The summed E-state index contributed by atoms with van der Waals surface area (Å²) in [6.45, 7) is 0. The monoisotopic (exact) mass is 293 g/mol. The Morgan fingerprint density at radius 1 is 1.45 bits per heavy atom. The summed E-state index contributed by atoms with van der Waals surface area (Å²) in [7, 11) is 1.45. The number of methoxy groups -OCH3 is 1. The highest BCUT2D eigenvalue weighted by molar-refractivity contribution is 7.15. The molecule has 1 heterocycles. The van der Waals surface area contributed by atoms with Crippen LogP contribution in [-0.4, -0.2) is 12.1 Å². The quantitative estimate of drug-likeness (QED) is 0.890. The lowest BCUT2D eigenvalue weighted by Crippen LogP contribution is -2.42. The molecule has 0 saturated heterocycles. The zero-order valence-corrected chi connectivity index (χ0v) is 12.0. The standard InChI is InChI=1S/C14H16FN3OS/c1-19-10-4-2-3-8(12(10)15)14(17)6-5-9-11(7-14)20-13(16)18-9/h2-4H,5-7,17H2,1H3,(H2,16,18)/t14-/m1/s1. The molecule has 0 spiro atoms. The molecule has 1 aromatic carbocycles. The second kappa shape index (κ2) is 4.71. The van der Waals surface area contributed by atoms with E-state index in [2.05, 4.69) is 4.98 Å². The molecule has 106 valence electrons. The fourth-order valence-electron chi connectivity index (χ4n) is 2.74. The maximum Gasteiger partial charge on any atom is 0.180 e. The van der Waals surface area contributed by atoms with E-state index in [1.807, 2.05) is 0 Å². The number of benzene rings is 1. The van der Waals surface area contributed by atoms with Crippen molar-refractivity contribution >= 4 is 16.5 Å². The minimum absolute atomic E-state index is 0.224. The van der Waals surface area contributed by atoms with Crippen molar-refractivity contribution < 1.29 is 9.13 Å². The third-order valence-corrected chi connectivity index (χ3v) is 4.73. The molecule has 0 fully saturated rings. The number of hydrogen-bond donors (Lipinski definition) is 2. The molecule has 1 atom stereocenters. The Kier molecular flexibility index (Phi) is 3.14. The molecule has 1 aliphatic carbocycles. The van der Waals surface area contributed by atoms with E-state index in [1.54, 1.807) is 18.2 Å². The first kappa shape index (κ1) is 13.3. The molecule has 0 radical (unpaired) electrons. The number of nitrogens with two attached hydrogens (primary N) is 2. The van der Waals surface area contributed by atoms with E-state index in [-0.39, 0.29) is 11.6 Å². The van der Waals surface area contributed by atoms with E-state index in [0.717, 1.165) is 17.0 Å². The number of halogens is 1. The van der Waals surface area contributed by atoms with Gasteiger partial charge in [-0.1, -0.05) is 12.1 Å². The van der Waals surface area contributed by atoms with E-state index >= 15 is 0 Å². The van der Waals surface area contributed by atoms with Gasteiger partial charge in [-0.05, 0) is 18.9 Å². The van der Waals surface area contributed by atoms with E-state index in [4.69, 9.17) is 16.2 Å². The molecule has 6 heteroatoms. The number of nitrogen functional groups attached to an aromatic ring is 1. The number of aromatic nitrogens is 1. The molecule has 2 aromatic rings. The second-order valence-corrected chi connectivity index (χ2v) is 6.19. The number of hydrogen-bond acceptors (Lipinski definition) is 5. The van der Waals surface area contributed by atoms with Crippen molar-refractivity contribution in [1.29, 1.82) is 0 Å². The van der Waals surface area contributed by atoms with Gasteiger partial charge in [0.25, 0.3) is 0 Å². The van der Waals surface area contributed by atoms with Crippen molar-refractivity contribution in [1.82, 2.24) is 4.98 Å². The van der Waals surface area contributed by atoms with Crippen molar-refractivity contribution in [2.24, 2.45) is 5.73 Å². The average Bonchev–Trinajstić information content (AvgIpc) is 2.78. The lowest BCUT2D eigenvalue weighted by Gasteiger charge is -2.33. The molecule has 3 rings (SSSR count). The number of ether oxygens (including phenoxy) is 1. The van der Waals surface area contributed by atoms with Gasteiger partial charge >= 0.3 is 0 Å². The fourth-order valence-corrected chi connectivity index (χ4v) is 3.74. The normalized spacial score (nSPS) is 21.6. The van der Waals surface area contributed by atoms with Crippen molar-refractivity contribution in [2.45, 2.75) is 24.8 Å². The number of anilines is 1. The van der Waals surface area contributed by atoms with Crippen LogP contribution in [0.1, 0.15) is 22.6 Å². The summed E-state index contributed by atoms with van der Waals surface area (Å²) in [6.07, 6.45) is 1.92. The van der Waals surface area contributed by atoms with Crippen molar-refractivity contribution in [3.63, 3.8) is 0 Å². The van der Waals surface area contributed by atoms with Crippen LogP contribution in [0.2, 0.25) is 0 Å². The molecule has 0 bridgehead atoms. The topological polar surface area (TPSA) is 74.2 Å². The minimum Gasteiger partial charge on any atom is -0.494 e. The van der Waals surface area contributed by atoms with E-state index in [1.165, 1.54) is 18.4 Å². The van der Waals surface area contributed by atoms with Gasteiger partial charge in [-0.3, -0.25) is 0 Å². The summed E-state index contributed by atoms with van der Waals surface area (Å²) in [5, 5.41) is 0.547. The van der Waals surface area contributed by atoms with Crippen LogP contribution in [0, 0.1) is 5.82 Å². The van der Waals surface area contributed by atoms with Gasteiger partial charge in [0.1, 0.15) is 0 Å². The van der Waals surface area contributed by atoms with Crippen LogP contribution < -0.4 is 16.2 Å². The highest BCUT2D eigenvalue weighted by atomic mass is 32.1. The first-order valence-corrected chi connectivity index (χ1v) is 7.21. The minimum atomic E-state index is -0.732. The van der Waals surface area contributed by atoms with Gasteiger partial charge in [0.05, 0.1) is 12.8 Å². The van der Waals surface area contributed by atoms with E-state index in [9.17, 15) is 4.39 Å². The third-order valence-electron chi connectivity index (χ3n) is 3.80. The van der Waals surface area contributed by atoms with Crippen LogP contribution in [0.25, 0.3) is 0 Å². The van der Waals surface area contributed by atoms with Crippen molar-refractivity contribution in [3.8, 4) is 5.75 Å². The van der Waals surface area contributed by atoms with Gasteiger partial charge in [-0.25, -0.2) is 9.37 Å². The molecule has 1 aromatic heterocycles. The highest BCUT2D eigenvalue weighted by Crippen LogP contribution is 2.39. The zero-order chi connectivity index (χ0) is 14.3. The van der Waals surface area contributed by atoms with Gasteiger partial charge in [-0.15, -0.1) is 11.3 Å². The van der Waals surface area contributed by atoms with Crippen LogP contribution in [0.5, 0.6) is 5.75 Å². The van der Waals surface area contributed by atoms with Crippen LogP contribution in [0.3, 0.4) is 0 Å². The molecule has 1 aliphatic rings. The molecule has 4 N–H and O–H groups in total. The van der Waals surface area contributed by atoms with Gasteiger partial charge in [0.15, 0.2) is 16.7 Å². The summed E-state index contributed by atoms with van der Waals surface area (Å²) >= 11 is 1.44. The van der Waals surface area contributed by atoms with E-state index in [0.29, 0.717) is 23.5 Å². The molecule has 0 saturated carbocycles. The first-order chi connectivity index (χ1) is 9.53. The smallest absolute Gasteiger partial charge is 0.180 e. The lowest BCUT2D eigenvalue weighted by molar-refractivity contribution is 0.346. The largest absolute Gasteiger partial charge is 0.494 e. The molecule has 0 amide bonds. The number of thiazole rings is 1.